The van der Waals surface area contributed by atoms with Crippen molar-refractivity contribution in [2.75, 3.05) is 25.5 Å². The fourth-order valence-corrected chi connectivity index (χ4v) is 2.39. The van der Waals surface area contributed by atoms with Gasteiger partial charge in [0.2, 0.25) is 0 Å². The number of hydrogen-bond acceptors (Lipinski definition) is 4. The second-order valence-corrected chi connectivity index (χ2v) is 5.98. The maximum Gasteiger partial charge on any atom is 0.324 e. The van der Waals surface area contributed by atoms with Gasteiger partial charge in [-0.05, 0) is 48.9 Å². The number of likely N-dealkylation sites (N-methyl/N-ethyl adjacent to an activating group) is 1. The van der Waals surface area contributed by atoms with Crippen LogP contribution in [0.25, 0.3) is 11.1 Å². The maximum atomic E-state index is 11.8. The zero-order valence-corrected chi connectivity index (χ0v) is 15.5. The van der Waals surface area contributed by atoms with Crippen molar-refractivity contribution in [1.29, 1.82) is 0 Å². The van der Waals surface area contributed by atoms with E-state index < -0.39 is 12.0 Å². The second kappa shape index (κ2) is 10.2. The molecule has 7 nitrogen and oxygen atoms in total. The molecule has 2 aromatic carbocycles. The van der Waals surface area contributed by atoms with Gasteiger partial charge in [-0.2, -0.15) is 0 Å². The highest BCUT2D eigenvalue weighted by Gasteiger charge is 2.15. The van der Waals surface area contributed by atoms with Crippen molar-refractivity contribution in [2.24, 2.45) is 0 Å². The molecule has 0 fully saturated rings. The van der Waals surface area contributed by atoms with Crippen LogP contribution in [0.2, 0.25) is 0 Å². The van der Waals surface area contributed by atoms with Gasteiger partial charge in [-0.3, -0.25) is 4.79 Å². The van der Waals surface area contributed by atoms with Gasteiger partial charge in [0, 0.05) is 12.2 Å². The van der Waals surface area contributed by atoms with Gasteiger partial charge in [-0.1, -0.05) is 31.2 Å². The molecule has 0 saturated carbocycles. The second-order valence-electron chi connectivity index (χ2n) is 5.98. The van der Waals surface area contributed by atoms with Crippen molar-refractivity contribution >= 4 is 17.7 Å². The smallest absolute Gasteiger partial charge is 0.324 e. The van der Waals surface area contributed by atoms with Crippen LogP contribution in [0.15, 0.2) is 48.5 Å². The molecule has 7 heteroatoms. The van der Waals surface area contributed by atoms with Gasteiger partial charge in [0.1, 0.15) is 18.4 Å². The standard InChI is InChI=1S/C20H25N3O4/c1-3-11-22-20(26)23-16-6-4-5-15(12-16)14-7-9-17(10-8-14)27-13-18(21-2)19(24)25/h4-10,12,18,21H,3,11,13H2,1-2H3,(H,24,25)(H2,22,23,26). The number of carbonyl (C=O) groups is 2. The van der Waals surface area contributed by atoms with Crippen LogP contribution in [-0.4, -0.2) is 43.3 Å². The third kappa shape index (κ3) is 6.31. The Kier molecular flexibility index (Phi) is 7.63. The highest BCUT2D eigenvalue weighted by molar-refractivity contribution is 5.90. The summed E-state index contributed by atoms with van der Waals surface area (Å²) in [5.74, 6) is -0.366. The van der Waals surface area contributed by atoms with Gasteiger partial charge >= 0.3 is 12.0 Å². The summed E-state index contributed by atoms with van der Waals surface area (Å²) < 4.78 is 5.52. The molecule has 27 heavy (non-hydrogen) atoms. The number of carbonyl (C=O) groups excluding carboxylic acids is 1. The Morgan fingerprint density at radius 2 is 1.85 bits per heavy atom. The lowest BCUT2D eigenvalue weighted by molar-refractivity contribution is -0.140. The lowest BCUT2D eigenvalue weighted by atomic mass is 10.1. The van der Waals surface area contributed by atoms with E-state index in [4.69, 9.17) is 9.84 Å². The Bertz CT molecular complexity index is 762. The van der Waals surface area contributed by atoms with Crippen LogP contribution in [0, 0.1) is 0 Å². The molecule has 0 aliphatic rings. The summed E-state index contributed by atoms with van der Waals surface area (Å²) in [5, 5.41) is 17.3. The van der Waals surface area contributed by atoms with Crippen molar-refractivity contribution < 1.29 is 19.4 Å². The minimum absolute atomic E-state index is 0.0391. The number of amides is 2. The molecular weight excluding hydrogens is 346 g/mol. The maximum absolute atomic E-state index is 11.8. The van der Waals surface area contributed by atoms with E-state index in [9.17, 15) is 9.59 Å². The first kappa shape index (κ1) is 20.3. The number of anilines is 1. The van der Waals surface area contributed by atoms with E-state index in [1.165, 1.54) is 0 Å². The Morgan fingerprint density at radius 3 is 2.48 bits per heavy atom. The van der Waals surface area contributed by atoms with Crippen LogP contribution < -0.4 is 20.7 Å². The highest BCUT2D eigenvalue weighted by atomic mass is 16.5. The lowest BCUT2D eigenvalue weighted by Crippen LogP contribution is -2.39. The summed E-state index contributed by atoms with van der Waals surface area (Å²) in [6.07, 6.45) is 0.878. The van der Waals surface area contributed by atoms with Crippen LogP contribution >= 0.6 is 0 Å². The number of carboxylic acids is 1. The summed E-state index contributed by atoms with van der Waals surface area (Å²) in [6.45, 7) is 2.66. The molecule has 144 valence electrons. The van der Waals surface area contributed by atoms with E-state index in [-0.39, 0.29) is 12.6 Å². The first-order valence-electron chi connectivity index (χ1n) is 8.81. The van der Waals surface area contributed by atoms with E-state index in [0.29, 0.717) is 18.0 Å². The third-order valence-corrected chi connectivity index (χ3v) is 3.91. The van der Waals surface area contributed by atoms with Gasteiger partial charge in [0.15, 0.2) is 0 Å². The molecule has 0 radical (unpaired) electrons. The zero-order valence-electron chi connectivity index (χ0n) is 15.5. The van der Waals surface area contributed by atoms with E-state index >= 15 is 0 Å². The molecular formula is C20H25N3O4. The van der Waals surface area contributed by atoms with Crippen molar-refractivity contribution in [3.63, 3.8) is 0 Å². The van der Waals surface area contributed by atoms with Gasteiger partial charge in [-0.15, -0.1) is 0 Å². The van der Waals surface area contributed by atoms with Crippen molar-refractivity contribution in [3.8, 4) is 16.9 Å². The molecule has 4 N–H and O–H groups in total. The average molecular weight is 371 g/mol. The number of urea groups is 1. The van der Waals surface area contributed by atoms with Crippen LogP contribution in [0.1, 0.15) is 13.3 Å². The minimum atomic E-state index is -0.957. The van der Waals surface area contributed by atoms with Gasteiger partial charge in [0.05, 0.1) is 0 Å². The lowest BCUT2D eigenvalue weighted by Gasteiger charge is -2.13. The monoisotopic (exact) mass is 371 g/mol. The molecule has 0 saturated heterocycles. The average Bonchev–Trinajstić information content (AvgIpc) is 2.67. The van der Waals surface area contributed by atoms with E-state index in [1.54, 1.807) is 19.2 Å². The molecule has 2 amide bonds. The van der Waals surface area contributed by atoms with Crippen LogP contribution in [0.5, 0.6) is 5.75 Å². The fraction of sp³-hybridized carbons (Fsp3) is 0.300. The largest absolute Gasteiger partial charge is 0.491 e. The number of aliphatic carboxylic acids is 1. The molecule has 0 aliphatic heterocycles. The first-order chi connectivity index (χ1) is 13.0. The van der Waals surface area contributed by atoms with Gasteiger partial charge in [0.25, 0.3) is 0 Å². The Balaban J connectivity index is 2.01. The Hall–Kier alpha value is -3.06. The Labute approximate surface area is 158 Å². The summed E-state index contributed by atoms with van der Waals surface area (Å²) in [6, 6.07) is 13.9. The highest BCUT2D eigenvalue weighted by Crippen LogP contribution is 2.25. The molecule has 0 aliphatic carbocycles. The fourth-order valence-electron chi connectivity index (χ4n) is 2.39. The number of ether oxygens (including phenoxy) is 1. The molecule has 2 aromatic rings. The number of nitrogens with one attached hydrogen (secondary N) is 3. The topological polar surface area (TPSA) is 99.7 Å². The van der Waals surface area contributed by atoms with E-state index in [1.807, 2.05) is 43.3 Å². The van der Waals surface area contributed by atoms with Crippen LogP contribution in [-0.2, 0) is 4.79 Å². The summed E-state index contributed by atoms with van der Waals surface area (Å²) in [5.41, 5.74) is 2.62. The molecule has 1 atom stereocenters. The summed E-state index contributed by atoms with van der Waals surface area (Å²) >= 11 is 0. The number of rotatable bonds is 9. The third-order valence-electron chi connectivity index (χ3n) is 3.91. The normalized spacial score (nSPS) is 11.5. The first-order valence-corrected chi connectivity index (χ1v) is 8.81. The quantitative estimate of drug-likeness (QED) is 0.543. The number of benzene rings is 2. The summed E-state index contributed by atoms with van der Waals surface area (Å²) in [7, 11) is 1.58. The molecule has 1 unspecified atom stereocenters. The molecule has 0 spiro atoms. The molecule has 0 heterocycles. The van der Waals surface area contributed by atoms with Crippen molar-refractivity contribution in [2.45, 2.75) is 19.4 Å². The molecule has 0 aromatic heterocycles. The minimum Gasteiger partial charge on any atom is -0.491 e. The van der Waals surface area contributed by atoms with Crippen molar-refractivity contribution in [3.05, 3.63) is 48.5 Å². The van der Waals surface area contributed by atoms with Crippen LogP contribution in [0.3, 0.4) is 0 Å². The van der Waals surface area contributed by atoms with E-state index in [0.717, 1.165) is 17.5 Å². The number of carboxylic acid groups (broad SMARTS) is 1. The molecule has 0 bridgehead atoms. The Morgan fingerprint density at radius 1 is 1.11 bits per heavy atom. The van der Waals surface area contributed by atoms with Gasteiger partial charge in [-0.25, -0.2) is 4.79 Å². The predicted octanol–water partition coefficient (Wildman–Crippen LogP) is 2.94. The van der Waals surface area contributed by atoms with Crippen LogP contribution in [0.4, 0.5) is 10.5 Å². The van der Waals surface area contributed by atoms with Crippen molar-refractivity contribution in [1.82, 2.24) is 10.6 Å². The van der Waals surface area contributed by atoms with Gasteiger partial charge < -0.3 is 25.8 Å². The summed E-state index contributed by atoms with van der Waals surface area (Å²) in [4.78, 5) is 22.8. The number of hydrogen-bond donors (Lipinski definition) is 4. The molecule has 2 rings (SSSR count). The zero-order chi connectivity index (χ0) is 19.6. The predicted molar refractivity (Wildman–Crippen MR) is 105 cm³/mol. The van der Waals surface area contributed by atoms with E-state index in [2.05, 4.69) is 16.0 Å². The SMILES string of the molecule is CCCNC(=O)Nc1cccc(-c2ccc(OCC(NC)C(=O)O)cc2)c1.